The molecule has 0 N–H and O–H groups in total. The van der Waals surface area contributed by atoms with Gasteiger partial charge in [0.05, 0.1) is 19.1 Å². The van der Waals surface area contributed by atoms with Crippen molar-refractivity contribution in [1.29, 1.82) is 0 Å². The summed E-state index contributed by atoms with van der Waals surface area (Å²) < 4.78 is 10.2. The summed E-state index contributed by atoms with van der Waals surface area (Å²) in [6.45, 7) is 7.82. The van der Waals surface area contributed by atoms with Gasteiger partial charge >= 0.3 is 11.9 Å². The van der Waals surface area contributed by atoms with Crippen LogP contribution in [-0.4, -0.2) is 49.2 Å². The number of rotatable bonds is 6. The van der Waals surface area contributed by atoms with E-state index in [0.29, 0.717) is 26.2 Å². The highest BCUT2D eigenvalue weighted by Crippen LogP contribution is 2.21. The van der Waals surface area contributed by atoms with Gasteiger partial charge in [-0.25, -0.2) is 0 Å². The minimum absolute atomic E-state index is 0.114. The van der Waals surface area contributed by atoms with E-state index in [4.69, 9.17) is 9.47 Å². The fourth-order valence-corrected chi connectivity index (χ4v) is 2.55. The summed E-state index contributed by atoms with van der Waals surface area (Å²) in [6.07, 6.45) is 2.46. The Morgan fingerprint density at radius 3 is 2.47 bits per heavy atom. The van der Waals surface area contributed by atoms with Crippen LogP contribution in [0.2, 0.25) is 0 Å². The molecule has 0 amide bonds. The molecule has 0 aromatic heterocycles. The molecule has 0 aliphatic carbocycles. The lowest BCUT2D eigenvalue weighted by Gasteiger charge is -2.35. The van der Waals surface area contributed by atoms with Crippen molar-refractivity contribution in [3.63, 3.8) is 0 Å². The van der Waals surface area contributed by atoms with E-state index >= 15 is 0 Å². The van der Waals surface area contributed by atoms with Crippen LogP contribution in [0.25, 0.3) is 0 Å². The van der Waals surface area contributed by atoms with Crippen molar-refractivity contribution >= 4 is 11.9 Å². The van der Waals surface area contributed by atoms with Crippen LogP contribution in [0.4, 0.5) is 0 Å². The Morgan fingerprint density at radius 2 is 1.89 bits per heavy atom. The van der Waals surface area contributed by atoms with E-state index in [-0.39, 0.29) is 23.9 Å². The largest absolute Gasteiger partial charge is 0.466 e. The lowest BCUT2D eigenvalue weighted by Crippen LogP contribution is -2.48. The molecule has 0 aromatic rings. The molecule has 0 saturated carbocycles. The summed E-state index contributed by atoms with van der Waals surface area (Å²) in [6, 6.07) is -0.239. The number of carbonyl (C=O) groups excluding carboxylic acids is 2. The third-order valence-electron chi connectivity index (χ3n) is 3.46. The highest BCUT2D eigenvalue weighted by Gasteiger charge is 2.33. The Kier molecular flexibility index (Phi) is 6.84. The highest BCUT2D eigenvalue weighted by molar-refractivity contribution is 5.76. The molecule has 110 valence electrons. The molecule has 0 bridgehead atoms. The van der Waals surface area contributed by atoms with Gasteiger partial charge < -0.3 is 9.47 Å². The zero-order valence-electron chi connectivity index (χ0n) is 12.2. The van der Waals surface area contributed by atoms with Gasteiger partial charge in [-0.3, -0.25) is 14.5 Å². The molecule has 0 spiro atoms. The molecule has 19 heavy (non-hydrogen) atoms. The van der Waals surface area contributed by atoms with Gasteiger partial charge in [0.2, 0.25) is 0 Å². The Bertz CT molecular complexity index is 306. The first-order chi connectivity index (χ1) is 9.13. The van der Waals surface area contributed by atoms with Gasteiger partial charge in [-0.2, -0.15) is 0 Å². The summed E-state index contributed by atoms with van der Waals surface area (Å²) in [5.41, 5.74) is 0. The van der Waals surface area contributed by atoms with E-state index in [1.807, 2.05) is 20.8 Å². The van der Waals surface area contributed by atoms with Crippen molar-refractivity contribution in [2.24, 2.45) is 5.92 Å². The van der Waals surface area contributed by atoms with E-state index in [1.54, 1.807) is 0 Å². The number of hydrogen-bond donors (Lipinski definition) is 0. The average molecular weight is 271 g/mol. The highest BCUT2D eigenvalue weighted by atomic mass is 16.5. The van der Waals surface area contributed by atoms with Crippen molar-refractivity contribution in [3.8, 4) is 0 Å². The molecular weight excluding hydrogens is 246 g/mol. The van der Waals surface area contributed by atoms with Gasteiger partial charge in [0, 0.05) is 6.54 Å². The molecule has 1 aliphatic heterocycles. The second-order valence-electron chi connectivity index (χ2n) is 4.76. The number of esters is 2. The smallest absolute Gasteiger partial charge is 0.323 e. The van der Waals surface area contributed by atoms with Crippen molar-refractivity contribution < 1.29 is 19.1 Å². The van der Waals surface area contributed by atoms with Gasteiger partial charge in [-0.15, -0.1) is 0 Å². The standard InChI is InChI=1S/C14H25NO4/c1-4-12(14(17)19-6-3)15-9-7-8-11(10-15)13(16)18-5-2/h11-12H,4-10H2,1-3H3. The third-order valence-corrected chi connectivity index (χ3v) is 3.46. The minimum atomic E-state index is -0.239. The van der Waals surface area contributed by atoms with Crippen molar-refractivity contribution in [3.05, 3.63) is 0 Å². The lowest BCUT2D eigenvalue weighted by atomic mass is 9.96. The van der Waals surface area contributed by atoms with E-state index in [0.717, 1.165) is 19.4 Å². The Labute approximate surface area is 115 Å². The maximum atomic E-state index is 11.9. The zero-order chi connectivity index (χ0) is 14.3. The minimum Gasteiger partial charge on any atom is -0.466 e. The van der Waals surface area contributed by atoms with Crippen LogP contribution in [0.1, 0.15) is 40.0 Å². The van der Waals surface area contributed by atoms with Crippen molar-refractivity contribution in [2.75, 3.05) is 26.3 Å². The monoisotopic (exact) mass is 271 g/mol. The summed E-state index contributed by atoms with van der Waals surface area (Å²) >= 11 is 0. The van der Waals surface area contributed by atoms with Crippen LogP contribution < -0.4 is 0 Å². The van der Waals surface area contributed by atoms with E-state index < -0.39 is 0 Å². The van der Waals surface area contributed by atoms with Crippen LogP contribution >= 0.6 is 0 Å². The molecule has 0 radical (unpaired) electrons. The predicted octanol–water partition coefficient (Wildman–Crippen LogP) is 1.60. The quantitative estimate of drug-likeness (QED) is 0.687. The van der Waals surface area contributed by atoms with E-state index in [2.05, 4.69) is 4.90 Å². The topological polar surface area (TPSA) is 55.8 Å². The van der Waals surface area contributed by atoms with E-state index in [1.165, 1.54) is 0 Å². The molecule has 0 aromatic carbocycles. The van der Waals surface area contributed by atoms with Crippen LogP contribution in [0.15, 0.2) is 0 Å². The molecule has 1 fully saturated rings. The second kappa shape index (κ2) is 8.15. The normalized spacial score (nSPS) is 21.7. The Balaban J connectivity index is 2.61. The van der Waals surface area contributed by atoms with Gasteiger partial charge in [-0.05, 0) is 39.7 Å². The molecule has 2 atom stereocenters. The molecule has 1 heterocycles. The van der Waals surface area contributed by atoms with Crippen molar-refractivity contribution in [1.82, 2.24) is 4.90 Å². The van der Waals surface area contributed by atoms with Crippen LogP contribution in [0.5, 0.6) is 0 Å². The van der Waals surface area contributed by atoms with Gasteiger partial charge in [0.15, 0.2) is 0 Å². The van der Waals surface area contributed by atoms with Gasteiger partial charge in [-0.1, -0.05) is 6.92 Å². The summed E-state index contributed by atoms with van der Waals surface area (Å²) in [5, 5.41) is 0. The molecule has 1 saturated heterocycles. The van der Waals surface area contributed by atoms with E-state index in [9.17, 15) is 9.59 Å². The fourth-order valence-electron chi connectivity index (χ4n) is 2.55. The predicted molar refractivity (Wildman–Crippen MR) is 71.6 cm³/mol. The molecule has 5 heteroatoms. The number of likely N-dealkylation sites (tertiary alicyclic amines) is 1. The molecular formula is C14H25NO4. The van der Waals surface area contributed by atoms with Crippen LogP contribution in [-0.2, 0) is 19.1 Å². The van der Waals surface area contributed by atoms with Crippen LogP contribution in [0, 0.1) is 5.92 Å². The van der Waals surface area contributed by atoms with Gasteiger partial charge in [0.1, 0.15) is 6.04 Å². The van der Waals surface area contributed by atoms with Gasteiger partial charge in [0.25, 0.3) is 0 Å². The number of carbonyl (C=O) groups is 2. The number of hydrogen-bond acceptors (Lipinski definition) is 5. The maximum absolute atomic E-state index is 11.9. The van der Waals surface area contributed by atoms with Crippen molar-refractivity contribution in [2.45, 2.75) is 46.1 Å². The summed E-state index contributed by atoms with van der Waals surface area (Å²) in [4.78, 5) is 25.7. The average Bonchev–Trinajstić information content (AvgIpc) is 2.40. The molecule has 1 aliphatic rings. The SMILES string of the molecule is CCOC(=O)C1CCCN(C(CC)C(=O)OCC)C1. The Morgan fingerprint density at radius 1 is 1.21 bits per heavy atom. The summed E-state index contributed by atoms with van der Waals surface area (Å²) in [7, 11) is 0. The molecule has 5 nitrogen and oxygen atoms in total. The first-order valence-corrected chi connectivity index (χ1v) is 7.21. The Hall–Kier alpha value is -1.10. The maximum Gasteiger partial charge on any atom is 0.323 e. The number of piperidine rings is 1. The lowest BCUT2D eigenvalue weighted by molar-refractivity contribution is -0.155. The summed E-state index contributed by atoms with van der Waals surface area (Å²) in [5.74, 6) is -0.447. The third kappa shape index (κ3) is 4.49. The fraction of sp³-hybridized carbons (Fsp3) is 0.857. The molecule has 1 rings (SSSR count). The molecule has 2 unspecified atom stereocenters. The number of ether oxygens (including phenoxy) is 2. The number of nitrogens with zero attached hydrogens (tertiary/aromatic N) is 1. The second-order valence-corrected chi connectivity index (χ2v) is 4.76. The zero-order valence-corrected chi connectivity index (χ0v) is 12.2. The first kappa shape index (κ1) is 16.0. The first-order valence-electron chi connectivity index (χ1n) is 7.21. The van der Waals surface area contributed by atoms with Crippen LogP contribution in [0.3, 0.4) is 0 Å².